The van der Waals surface area contributed by atoms with E-state index in [0.29, 0.717) is 17.5 Å². The van der Waals surface area contributed by atoms with Crippen LogP contribution in [0.1, 0.15) is 71.0 Å². The number of hydrogen-bond donors (Lipinski definition) is 1. The van der Waals surface area contributed by atoms with Crippen LogP contribution in [0.2, 0.25) is 0 Å². The van der Waals surface area contributed by atoms with E-state index in [4.69, 9.17) is 5.73 Å². The van der Waals surface area contributed by atoms with Gasteiger partial charge in [-0.3, -0.25) is 0 Å². The van der Waals surface area contributed by atoms with Crippen LogP contribution >= 0.6 is 0 Å². The molecule has 0 amide bonds. The first-order valence-electron chi connectivity index (χ1n) is 23.3. The quantitative estimate of drug-likeness (QED) is 0.173. The predicted molar refractivity (Wildman–Crippen MR) is 285 cm³/mol. The first kappa shape index (κ1) is 44.9. The first-order chi connectivity index (χ1) is 32.3. The molecule has 11 rings (SSSR count). The summed E-state index contributed by atoms with van der Waals surface area (Å²) in [6, 6.07) is 71.6. The number of nitrogens with two attached hydrogens (primary N) is 1. The number of hydrogen-bond acceptors (Lipinski definition) is 2. The SMILES string of the molecule is C=C(N)c1ccccc1.CC.Cc1ccccc1.Cc1ccccc1-c1c(C)cccc1-c1ccc(N2C3=CC=CCC3c3ccc(-c4ccc(C5C=C5c5ccccc5)cc4)cc32)cc1. The van der Waals surface area contributed by atoms with Crippen molar-refractivity contribution in [2.45, 2.75) is 52.9 Å². The van der Waals surface area contributed by atoms with Gasteiger partial charge < -0.3 is 10.6 Å². The Morgan fingerprint density at radius 2 is 1.15 bits per heavy atom. The van der Waals surface area contributed by atoms with Gasteiger partial charge in [0.15, 0.2) is 0 Å². The lowest BCUT2D eigenvalue weighted by molar-refractivity contribution is 0.819. The number of fused-ring (bicyclic) bond motifs is 3. The number of nitrogens with zero attached hydrogens (tertiary/aromatic N) is 1. The molecule has 0 radical (unpaired) electrons. The molecule has 0 spiro atoms. The van der Waals surface area contributed by atoms with Gasteiger partial charge in [0.2, 0.25) is 0 Å². The van der Waals surface area contributed by atoms with Crippen LogP contribution in [0.15, 0.2) is 237 Å². The third kappa shape index (κ3) is 9.99. The second-order valence-corrected chi connectivity index (χ2v) is 16.9. The van der Waals surface area contributed by atoms with Crippen LogP contribution in [0.25, 0.3) is 44.7 Å². The van der Waals surface area contributed by atoms with Gasteiger partial charge in [-0.1, -0.05) is 226 Å². The molecule has 2 atom stereocenters. The molecular formula is C64H60N2. The number of rotatable bonds is 7. The lowest BCUT2D eigenvalue weighted by atomic mass is 9.89. The highest BCUT2D eigenvalue weighted by molar-refractivity contribution is 5.89. The van der Waals surface area contributed by atoms with E-state index in [9.17, 15) is 0 Å². The Hall–Kier alpha value is -7.68. The summed E-state index contributed by atoms with van der Waals surface area (Å²) in [6.07, 6.45) is 10.2. The van der Waals surface area contributed by atoms with E-state index in [1.165, 1.54) is 89.4 Å². The van der Waals surface area contributed by atoms with Crippen molar-refractivity contribution in [2.75, 3.05) is 4.90 Å². The van der Waals surface area contributed by atoms with Crippen molar-refractivity contribution in [3.63, 3.8) is 0 Å². The van der Waals surface area contributed by atoms with Crippen LogP contribution in [-0.4, -0.2) is 0 Å². The Balaban J connectivity index is 0.000000276. The molecule has 2 nitrogen and oxygen atoms in total. The van der Waals surface area contributed by atoms with Gasteiger partial charge in [0, 0.05) is 28.9 Å². The highest BCUT2D eigenvalue weighted by atomic mass is 15.2. The first-order valence-corrected chi connectivity index (χ1v) is 23.3. The van der Waals surface area contributed by atoms with Crippen LogP contribution in [0, 0.1) is 20.8 Å². The van der Waals surface area contributed by atoms with Crippen molar-refractivity contribution in [1.29, 1.82) is 0 Å². The molecule has 3 aliphatic rings. The molecule has 1 heterocycles. The Morgan fingerprint density at radius 1 is 0.561 bits per heavy atom. The van der Waals surface area contributed by atoms with Crippen molar-refractivity contribution in [1.82, 2.24) is 0 Å². The molecule has 1 aliphatic heterocycles. The number of aryl methyl sites for hydroxylation is 3. The highest BCUT2D eigenvalue weighted by Gasteiger charge is 2.35. The maximum atomic E-state index is 5.42. The Kier molecular flexibility index (Phi) is 14.2. The molecule has 8 aromatic carbocycles. The minimum Gasteiger partial charge on any atom is -0.399 e. The van der Waals surface area contributed by atoms with Crippen molar-refractivity contribution in [3.05, 3.63) is 276 Å². The van der Waals surface area contributed by atoms with Crippen LogP contribution in [0.4, 0.5) is 11.4 Å². The smallest absolute Gasteiger partial charge is 0.0503 e. The Bertz CT molecular complexity index is 2990. The van der Waals surface area contributed by atoms with Crippen molar-refractivity contribution >= 4 is 22.6 Å². The molecule has 2 heteroatoms. The summed E-state index contributed by atoms with van der Waals surface area (Å²) in [5.74, 6) is 0.804. The fourth-order valence-corrected chi connectivity index (χ4v) is 9.07. The van der Waals surface area contributed by atoms with E-state index in [-0.39, 0.29) is 0 Å². The summed E-state index contributed by atoms with van der Waals surface area (Å²) in [5, 5.41) is 0. The largest absolute Gasteiger partial charge is 0.399 e. The summed E-state index contributed by atoms with van der Waals surface area (Å²) >= 11 is 0. The van der Waals surface area contributed by atoms with E-state index >= 15 is 0 Å². The normalized spacial score (nSPS) is 14.9. The molecule has 0 fully saturated rings. The number of benzene rings is 8. The topological polar surface area (TPSA) is 29.3 Å². The second kappa shape index (κ2) is 20.9. The van der Waals surface area contributed by atoms with Gasteiger partial charge in [-0.15, -0.1) is 0 Å². The third-order valence-electron chi connectivity index (χ3n) is 12.5. The van der Waals surface area contributed by atoms with Crippen molar-refractivity contribution < 1.29 is 0 Å². The summed E-state index contributed by atoms with van der Waals surface area (Å²) in [4.78, 5) is 2.49. The molecular weight excluding hydrogens is 797 g/mol. The van der Waals surface area contributed by atoms with Gasteiger partial charge >= 0.3 is 0 Å². The van der Waals surface area contributed by atoms with E-state index in [1.54, 1.807) is 0 Å². The van der Waals surface area contributed by atoms with Gasteiger partial charge in [-0.2, -0.15) is 0 Å². The van der Waals surface area contributed by atoms with Gasteiger partial charge in [0.1, 0.15) is 0 Å². The van der Waals surface area contributed by atoms with Crippen LogP contribution in [-0.2, 0) is 0 Å². The monoisotopic (exact) mass is 856 g/mol. The van der Waals surface area contributed by atoms with E-state index in [0.717, 1.165) is 12.0 Å². The lowest BCUT2D eigenvalue weighted by Gasteiger charge is -2.25. The average Bonchev–Trinajstić information content (AvgIpc) is 4.11. The average molecular weight is 857 g/mol. The van der Waals surface area contributed by atoms with E-state index in [1.807, 2.05) is 62.4 Å². The molecule has 2 aliphatic carbocycles. The maximum absolute atomic E-state index is 5.42. The summed E-state index contributed by atoms with van der Waals surface area (Å²) < 4.78 is 0. The summed E-state index contributed by atoms with van der Waals surface area (Å²) in [6.45, 7) is 14.1. The maximum Gasteiger partial charge on any atom is 0.0503 e. The molecule has 0 aromatic heterocycles. The van der Waals surface area contributed by atoms with Crippen LogP contribution in [0.3, 0.4) is 0 Å². The van der Waals surface area contributed by atoms with Gasteiger partial charge in [-0.25, -0.2) is 0 Å². The zero-order chi connectivity index (χ0) is 46.0. The van der Waals surface area contributed by atoms with Crippen molar-refractivity contribution in [2.24, 2.45) is 5.73 Å². The molecule has 66 heavy (non-hydrogen) atoms. The highest BCUT2D eigenvalue weighted by Crippen LogP contribution is 2.52. The predicted octanol–water partition coefficient (Wildman–Crippen LogP) is 17.2. The third-order valence-corrected chi connectivity index (χ3v) is 12.5. The van der Waals surface area contributed by atoms with Gasteiger partial charge in [0.05, 0.1) is 5.69 Å². The Labute approximate surface area is 393 Å². The molecule has 0 saturated carbocycles. The second-order valence-electron chi connectivity index (χ2n) is 16.9. The number of allylic oxidation sites excluding steroid dienone is 6. The fourth-order valence-electron chi connectivity index (χ4n) is 9.07. The van der Waals surface area contributed by atoms with E-state index in [2.05, 4.69) is 208 Å². The van der Waals surface area contributed by atoms with E-state index < -0.39 is 0 Å². The summed E-state index contributed by atoms with van der Waals surface area (Å²) in [7, 11) is 0. The summed E-state index contributed by atoms with van der Waals surface area (Å²) in [5.41, 5.74) is 28.0. The molecule has 2 N–H and O–H groups in total. The molecule has 2 unspecified atom stereocenters. The standard InChI is InChI=1S/C47H37N.C8H9N.C7H8.C2H6/c1-31-11-6-7-15-39(31)47-32(2)12-10-17-40(47)35-23-26-38(27-24-35)48-45-18-9-8-16-41(45)42-28-25-37(29-46(42)48)33-19-21-36(22-20-33)44-30-43(44)34-13-4-3-5-14-34;1-7(9)8-5-3-2-4-6-8;1-7-5-3-2-4-6-7;1-2/h3-15,17-30,41,44H,16H2,1-2H3;2-6H,1,9H2;2-6H,1H3;1-2H3. The molecule has 326 valence electrons. The van der Waals surface area contributed by atoms with Crippen molar-refractivity contribution in [3.8, 4) is 33.4 Å². The van der Waals surface area contributed by atoms with Crippen LogP contribution < -0.4 is 10.6 Å². The minimum absolute atomic E-state index is 0.378. The number of anilines is 2. The molecule has 0 bridgehead atoms. The lowest BCUT2D eigenvalue weighted by Crippen LogP contribution is -2.14. The fraction of sp³-hybridized carbons (Fsp3) is 0.125. The minimum atomic E-state index is 0.378. The zero-order valence-corrected chi connectivity index (χ0v) is 39.0. The van der Waals surface area contributed by atoms with Gasteiger partial charge in [0.25, 0.3) is 0 Å². The molecule has 8 aromatic rings. The van der Waals surface area contributed by atoms with Crippen LogP contribution in [0.5, 0.6) is 0 Å². The van der Waals surface area contributed by atoms with Gasteiger partial charge in [-0.05, 0) is 124 Å². The Morgan fingerprint density at radius 3 is 1.79 bits per heavy atom. The molecule has 0 saturated heterocycles. The zero-order valence-electron chi connectivity index (χ0n) is 39.0.